The van der Waals surface area contributed by atoms with Crippen molar-refractivity contribution in [3.8, 4) is 0 Å². The van der Waals surface area contributed by atoms with Crippen molar-refractivity contribution >= 4 is 11.9 Å². The summed E-state index contributed by atoms with van der Waals surface area (Å²) in [5.74, 6) is -0.371. The maximum atomic E-state index is 12.8. The van der Waals surface area contributed by atoms with Gasteiger partial charge in [-0.05, 0) is 19.3 Å². The molecule has 0 spiro atoms. The first kappa shape index (κ1) is 56.9. The zero-order valence-corrected chi connectivity index (χ0v) is 39.9. The molecule has 0 rings (SSSR count). The van der Waals surface area contributed by atoms with Crippen molar-refractivity contribution in [3.05, 3.63) is 0 Å². The van der Waals surface area contributed by atoms with E-state index >= 15 is 0 Å². The molecule has 0 N–H and O–H groups in total. The van der Waals surface area contributed by atoms with Crippen LogP contribution in [0.15, 0.2) is 0 Å². The lowest BCUT2D eigenvalue weighted by Gasteiger charge is -2.18. The third-order valence-electron chi connectivity index (χ3n) is 12.1. The van der Waals surface area contributed by atoms with E-state index in [9.17, 15) is 9.59 Å². The minimum absolute atomic E-state index is 0.0977. The molecule has 0 aliphatic rings. The minimum atomic E-state index is -0.522. The number of unbranched alkanes of at least 4 members (excludes halogenated alkanes) is 39. The van der Waals surface area contributed by atoms with Crippen LogP contribution in [-0.4, -0.2) is 37.9 Å². The number of carbonyl (C=O) groups excluding carboxylic acids is 2. The van der Waals surface area contributed by atoms with Gasteiger partial charge in [0.25, 0.3) is 0 Å². The van der Waals surface area contributed by atoms with Crippen LogP contribution < -0.4 is 0 Å². The van der Waals surface area contributed by atoms with Crippen LogP contribution in [0.5, 0.6) is 0 Å². The number of hydrogen-bond donors (Lipinski definition) is 0. The smallest absolute Gasteiger partial charge is 0.306 e. The Morgan fingerprint density at radius 1 is 0.310 bits per heavy atom. The van der Waals surface area contributed by atoms with E-state index in [1.165, 1.54) is 238 Å². The first-order valence-corrected chi connectivity index (χ1v) is 26.6. The average Bonchev–Trinajstić information content (AvgIpc) is 3.22. The van der Waals surface area contributed by atoms with Crippen LogP contribution in [0.1, 0.15) is 303 Å². The molecule has 0 saturated heterocycles. The van der Waals surface area contributed by atoms with Gasteiger partial charge in [0, 0.05) is 19.4 Å². The van der Waals surface area contributed by atoms with E-state index in [4.69, 9.17) is 14.2 Å². The summed E-state index contributed by atoms with van der Waals surface area (Å²) in [6.45, 7) is 7.90. The molecule has 5 heteroatoms. The molecule has 5 nitrogen and oxygen atoms in total. The van der Waals surface area contributed by atoms with Gasteiger partial charge in [-0.25, -0.2) is 0 Å². The van der Waals surface area contributed by atoms with Gasteiger partial charge in [-0.15, -0.1) is 0 Å². The Hall–Kier alpha value is -1.10. The van der Waals surface area contributed by atoms with Gasteiger partial charge >= 0.3 is 11.9 Å². The fraction of sp³-hybridized carbons (Fsp3) is 0.962. The lowest BCUT2D eigenvalue weighted by molar-refractivity contribution is -0.163. The fourth-order valence-electron chi connectivity index (χ4n) is 8.16. The van der Waals surface area contributed by atoms with E-state index in [2.05, 4.69) is 20.8 Å². The Balaban J connectivity index is 4.15. The second kappa shape index (κ2) is 50.3. The summed E-state index contributed by atoms with van der Waals surface area (Å²) in [7, 11) is 0. The molecule has 0 radical (unpaired) electrons. The number of carbonyl (C=O) groups is 2. The molecule has 1 atom stereocenters. The molecule has 0 heterocycles. The van der Waals surface area contributed by atoms with Gasteiger partial charge < -0.3 is 14.2 Å². The number of esters is 2. The van der Waals surface area contributed by atoms with Crippen LogP contribution in [0.4, 0.5) is 0 Å². The predicted octanol–water partition coefficient (Wildman–Crippen LogP) is 17.7. The zero-order chi connectivity index (χ0) is 42.1. The van der Waals surface area contributed by atoms with E-state index in [0.29, 0.717) is 26.1 Å². The lowest BCUT2D eigenvalue weighted by atomic mass is 10.0. The van der Waals surface area contributed by atoms with Crippen LogP contribution >= 0.6 is 0 Å². The van der Waals surface area contributed by atoms with Crippen LogP contribution in [0.3, 0.4) is 0 Å². The van der Waals surface area contributed by atoms with Crippen molar-refractivity contribution in [2.75, 3.05) is 19.8 Å². The SMILES string of the molecule is CCCCCCCCCCCCCCCCCCOC[C@H](COC(=O)CCCCCCCCCCCCCCCCC)OC(=O)CCCCCCCCCCCCC. The summed E-state index contributed by atoms with van der Waals surface area (Å²) in [5.41, 5.74) is 0. The third kappa shape index (κ3) is 47.6. The van der Waals surface area contributed by atoms with Crippen molar-refractivity contribution in [3.63, 3.8) is 0 Å². The van der Waals surface area contributed by atoms with Gasteiger partial charge in [0.2, 0.25) is 0 Å². The predicted molar refractivity (Wildman–Crippen MR) is 252 cm³/mol. The molecule has 0 fully saturated rings. The van der Waals surface area contributed by atoms with Gasteiger partial charge in [0.15, 0.2) is 6.10 Å². The summed E-state index contributed by atoms with van der Waals surface area (Å²) in [6, 6.07) is 0. The van der Waals surface area contributed by atoms with Gasteiger partial charge in [0.1, 0.15) is 6.61 Å². The topological polar surface area (TPSA) is 61.8 Å². The molecule has 0 aliphatic carbocycles. The van der Waals surface area contributed by atoms with Crippen molar-refractivity contribution < 1.29 is 23.8 Å². The molecule has 0 bridgehead atoms. The van der Waals surface area contributed by atoms with Crippen molar-refractivity contribution in [1.29, 1.82) is 0 Å². The molecule has 0 aromatic carbocycles. The Kier molecular flexibility index (Phi) is 49.3. The summed E-state index contributed by atoms with van der Waals surface area (Å²) >= 11 is 0. The number of ether oxygens (including phenoxy) is 3. The maximum absolute atomic E-state index is 12.8. The Bertz CT molecular complexity index is 799. The highest BCUT2D eigenvalue weighted by molar-refractivity contribution is 5.70. The molecular weight excluding hydrogens is 717 g/mol. The van der Waals surface area contributed by atoms with Gasteiger partial charge in [-0.2, -0.15) is 0 Å². The standard InChI is InChI=1S/C53H104O5/c1-4-7-10-13-16-19-22-24-26-28-30-33-36-39-42-45-48-56-49-51(58-53(55)47-44-41-38-35-31-21-18-15-12-9-6-3)50-57-52(54)46-43-40-37-34-32-29-27-25-23-20-17-14-11-8-5-2/h51H,4-50H2,1-3H3/t51-/m1/s1. The van der Waals surface area contributed by atoms with E-state index in [-0.39, 0.29) is 18.5 Å². The molecular formula is C53H104O5. The minimum Gasteiger partial charge on any atom is -0.462 e. The Morgan fingerprint density at radius 3 is 0.879 bits per heavy atom. The van der Waals surface area contributed by atoms with Gasteiger partial charge in [-0.1, -0.05) is 271 Å². The molecule has 346 valence electrons. The molecule has 0 aromatic heterocycles. The first-order chi connectivity index (χ1) is 28.6. The van der Waals surface area contributed by atoms with E-state index in [1.54, 1.807) is 0 Å². The van der Waals surface area contributed by atoms with Crippen molar-refractivity contribution in [2.45, 2.75) is 309 Å². The summed E-state index contributed by atoms with van der Waals surface area (Å²) in [4.78, 5) is 25.4. The summed E-state index contributed by atoms with van der Waals surface area (Å²) < 4.78 is 17.4. The monoisotopic (exact) mass is 821 g/mol. The first-order valence-electron chi connectivity index (χ1n) is 26.6. The molecule has 0 saturated carbocycles. The molecule has 0 aliphatic heterocycles. The Labute approximate surface area is 363 Å². The highest BCUT2D eigenvalue weighted by atomic mass is 16.6. The van der Waals surface area contributed by atoms with E-state index in [1.807, 2.05) is 0 Å². The fourth-order valence-corrected chi connectivity index (χ4v) is 8.16. The van der Waals surface area contributed by atoms with Gasteiger partial charge in [0.05, 0.1) is 6.61 Å². The van der Waals surface area contributed by atoms with E-state index in [0.717, 1.165) is 32.1 Å². The van der Waals surface area contributed by atoms with Crippen LogP contribution in [0.2, 0.25) is 0 Å². The highest BCUT2D eigenvalue weighted by Crippen LogP contribution is 2.17. The molecule has 0 unspecified atom stereocenters. The summed E-state index contributed by atoms with van der Waals surface area (Å²) in [6.07, 6.45) is 55.4. The molecule has 0 aromatic rings. The number of hydrogen-bond acceptors (Lipinski definition) is 5. The third-order valence-corrected chi connectivity index (χ3v) is 12.1. The highest BCUT2D eigenvalue weighted by Gasteiger charge is 2.17. The van der Waals surface area contributed by atoms with Crippen LogP contribution in [0.25, 0.3) is 0 Å². The van der Waals surface area contributed by atoms with Crippen molar-refractivity contribution in [2.24, 2.45) is 0 Å². The van der Waals surface area contributed by atoms with Crippen LogP contribution in [-0.2, 0) is 23.8 Å². The average molecular weight is 821 g/mol. The lowest BCUT2D eigenvalue weighted by Crippen LogP contribution is -2.30. The quantitative estimate of drug-likeness (QED) is 0.0452. The second-order valence-electron chi connectivity index (χ2n) is 18.2. The van der Waals surface area contributed by atoms with Gasteiger partial charge in [-0.3, -0.25) is 9.59 Å². The second-order valence-corrected chi connectivity index (χ2v) is 18.2. The number of rotatable bonds is 50. The Morgan fingerprint density at radius 2 is 0.569 bits per heavy atom. The largest absolute Gasteiger partial charge is 0.462 e. The molecule has 0 amide bonds. The zero-order valence-electron chi connectivity index (χ0n) is 39.9. The normalized spacial score (nSPS) is 12.0. The maximum Gasteiger partial charge on any atom is 0.306 e. The van der Waals surface area contributed by atoms with Crippen molar-refractivity contribution in [1.82, 2.24) is 0 Å². The van der Waals surface area contributed by atoms with E-state index < -0.39 is 6.10 Å². The van der Waals surface area contributed by atoms with Crippen LogP contribution in [0, 0.1) is 0 Å². The molecule has 58 heavy (non-hydrogen) atoms. The summed E-state index contributed by atoms with van der Waals surface area (Å²) in [5, 5.41) is 0.